The lowest BCUT2D eigenvalue weighted by molar-refractivity contribution is -0.154. The van der Waals surface area contributed by atoms with Gasteiger partial charge in [0.25, 0.3) is 5.88 Å². The van der Waals surface area contributed by atoms with Crippen LogP contribution in [0.2, 0.25) is 0 Å². The van der Waals surface area contributed by atoms with Crippen molar-refractivity contribution in [3.63, 3.8) is 0 Å². The normalized spacial score (nSPS) is 11.6. The van der Waals surface area contributed by atoms with Crippen LogP contribution < -0.4 is 10.5 Å². The molecule has 0 aliphatic rings. The van der Waals surface area contributed by atoms with E-state index in [0.717, 1.165) is 6.07 Å². The van der Waals surface area contributed by atoms with Gasteiger partial charge in [0, 0.05) is 12.2 Å². The Morgan fingerprint density at radius 2 is 2.06 bits per heavy atom. The molecular weight excluding hydrogens is 228 g/mol. The van der Waals surface area contributed by atoms with Gasteiger partial charge in [-0.1, -0.05) is 0 Å². The second-order valence-corrected chi connectivity index (χ2v) is 3.13. The van der Waals surface area contributed by atoms with Crippen LogP contribution in [-0.4, -0.2) is 17.8 Å². The summed E-state index contributed by atoms with van der Waals surface area (Å²) < 4.78 is 52.9. The monoisotopic (exact) mass is 238 g/mol. The van der Waals surface area contributed by atoms with Crippen molar-refractivity contribution in [3.8, 4) is 5.88 Å². The summed E-state index contributed by atoms with van der Waals surface area (Å²) in [5.74, 6) is -1.61. The largest absolute Gasteiger partial charge is 0.466 e. The van der Waals surface area contributed by atoms with Crippen molar-refractivity contribution in [1.82, 2.24) is 4.98 Å². The molecule has 0 radical (unpaired) electrons. The topological polar surface area (TPSA) is 48.1 Å². The molecule has 7 heteroatoms. The minimum Gasteiger partial charge on any atom is -0.466 e. The number of aromatic nitrogens is 1. The predicted molar refractivity (Wildman–Crippen MR) is 48.4 cm³/mol. The van der Waals surface area contributed by atoms with Gasteiger partial charge in [0.15, 0.2) is 12.4 Å². The quantitative estimate of drug-likeness (QED) is 0.818. The highest BCUT2D eigenvalue weighted by molar-refractivity contribution is 5.26. The van der Waals surface area contributed by atoms with Crippen molar-refractivity contribution in [3.05, 3.63) is 23.1 Å². The minimum atomic E-state index is -4.52. The van der Waals surface area contributed by atoms with Crippen molar-refractivity contribution in [2.24, 2.45) is 5.73 Å². The Kier molecular flexibility index (Phi) is 3.69. The number of halogens is 4. The van der Waals surface area contributed by atoms with E-state index in [1.54, 1.807) is 0 Å². The third-order valence-electron chi connectivity index (χ3n) is 1.83. The van der Waals surface area contributed by atoms with Crippen molar-refractivity contribution in [2.45, 2.75) is 19.6 Å². The van der Waals surface area contributed by atoms with E-state index in [1.807, 2.05) is 0 Å². The lowest BCUT2D eigenvalue weighted by atomic mass is 10.2. The molecule has 0 spiro atoms. The lowest BCUT2D eigenvalue weighted by Gasteiger charge is -2.11. The smallest absolute Gasteiger partial charge is 0.422 e. The van der Waals surface area contributed by atoms with Gasteiger partial charge in [-0.3, -0.25) is 0 Å². The third kappa shape index (κ3) is 3.34. The standard InChI is InChI=1S/C9H10F4N2O/c1-5-6(3-14)2-7(10)8(15-5)16-4-9(11,12)13/h2H,3-4,14H2,1H3. The molecule has 1 rings (SSSR count). The number of rotatable bonds is 3. The van der Waals surface area contributed by atoms with Crippen LogP contribution >= 0.6 is 0 Å². The Bertz CT molecular complexity index is 379. The summed E-state index contributed by atoms with van der Waals surface area (Å²) in [4.78, 5) is 3.57. The number of aryl methyl sites for hydroxylation is 1. The van der Waals surface area contributed by atoms with Crippen LogP contribution in [-0.2, 0) is 6.54 Å². The molecule has 3 nitrogen and oxygen atoms in total. The molecule has 1 aromatic heterocycles. The molecule has 1 heterocycles. The van der Waals surface area contributed by atoms with Crippen LogP contribution in [0.5, 0.6) is 5.88 Å². The first-order chi connectivity index (χ1) is 7.33. The highest BCUT2D eigenvalue weighted by Crippen LogP contribution is 2.21. The molecule has 0 fully saturated rings. The summed E-state index contributed by atoms with van der Waals surface area (Å²) in [6, 6.07) is 1.02. The Hall–Kier alpha value is -1.37. The van der Waals surface area contributed by atoms with Crippen molar-refractivity contribution in [2.75, 3.05) is 6.61 Å². The number of hydrogen-bond acceptors (Lipinski definition) is 3. The molecule has 2 N–H and O–H groups in total. The predicted octanol–water partition coefficient (Wildman–Crippen LogP) is 1.93. The van der Waals surface area contributed by atoms with Gasteiger partial charge in [0.2, 0.25) is 0 Å². The molecular formula is C9H10F4N2O. The van der Waals surface area contributed by atoms with E-state index in [-0.39, 0.29) is 6.54 Å². The van der Waals surface area contributed by atoms with Gasteiger partial charge in [0.1, 0.15) is 0 Å². The van der Waals surface area contributed by atoms with Crippen LogP contribution in [0.4, 0.5) is 17.6 Å². The number of pyridine rings is 1. The zero-order valence-electron chi connectivity index (χ0n) is 8.44. The Morgan fingerprint density at radius 1 is 1.44 bits per heavy atom. The van der Waals surface area contributed by atoms with Crippen LogP contribution in [0.15, 0.2) is 6.07 Å². The summed E-state index contributed by atoms with van der Waals surface area (Å²) in [5.41, 5.74) is 6.06. The van der Waals surface area contributed by atoms with Crippen LogP contribution in [0.3, 0.4) is 0 Å². The zero-order valence-corrected chi connectivity index (χ0v) is 8.44. The van der Waals surface area contributed by atoms with Gasteiger partial charge in [0.05, 0.1) is 0 Å². The average molecular weight is 238 g/mol. The number of alkyl halides is 3. The number of ether oxygens (including phenoxy) is 1. The average Bonchev–Trinajstić information content (AvgIpc) is 2.17. The third-order valence-corrected chi connectivity index (χ3v) is 1.83. The van der Waals surface area contributed by atoms with Crippen LogP contribution in [0, 0.1) is 12.7 Å². The molecule has 0 unspecified atom stereocenters. The van der Waals surface area contributed by atoms with E-state index in [9.17, 15) is 17.6 Å². The molecule has 0 atom stereocenters. The van der Waals surface area contributed by atoms with Crippen molar-refractivity contribution < 1.29 is 22.3 Å². The van der Waals surface area contributed by atoms with E-state index < -0.39 is 24.5 Å². The molecule has 16 heavy (non-hydrogen) atoms. The number of nitrogens with zero attached hydrogens (tertiary/aromatic N) is 1. The van der Waals surface area contributed by atoms with E-state index in [1.165, 1.54) is 6.92 Å². The molecule has 0 aliphatic carbocycles. The first kappa shape index (κ1) is 12.7. The van der Waals surface area contributed by atoms with Gasteiger partial charge >= 0.3 is 6.18 Å². The van der Waals surface area contributed by atoms with Gasteiger partial charge in [-0.15, -0.1) is 0 Å². The maximum absolute atomic E-state index is 13.2. The van der Waals surface area contributed by atoms with Crippen molar-refractivity contribution >= 4 is 0 Å². The fraction of sp³-hybridized carbons (Fsp3) is 0.444. The molecule has 0 saturated carbocycles. The van der Waals surface area contributed by atoms with Gasteiger partial charge in [-0.05, 0) is 18.6 Å². The summed E-state index contributed by atoms with van der Waals surface area (Å²) in [7, 11) is 0. The van der Waals surface area contributed by atoms with Crippen molar-refractivity contribution in [1.29, 1.82) is 0 Å². The zero-order chi connectivity index (χ0) is 12.3. The van der Waals surface area contributed by atoms with E-state index in [2.05, 4.69) is 9.72 Å². The summed E-state index contributed by atoms with van der Waals surface area (Å²) in [6.07, 6.45) is -4.52. The summed E-state index contributed by atoms with van der Waals surface area (Å²) in [5, 5.41) is 0. The van der Waals surface area contributed by atoms with Gasteiger partial charge < -0.3 is 10.5 Å². The second-order valence-electron chi connectivity index (χ2n) is 3.13. The Balaban J connectivity index is 2.86. The Morgan fingerprint density at radius 3 is 2.56 bits per heavy atom. The number of hydrogen-bond donors (Lipinski definition) is 1. The van der Waals surface area contributed by atoms with Crippen LogP contribution in [0.1, 0.15) is 11.3 Å². The first-order valence-corrected chi connectivity index (χ1v) is 4.39. The molecule has 0 aliphatic heterocycles. The van der Waals surface area contributed by atoms with E-state index >= 15 is 0 Å². The van der Waals surface area contributed by atoms with E-state index in [0.29, 0.717) is 11.3 Å². The fourth-order valence-electron chi connectivity index (χ4n) is 1.05. The SMILES string of the molecule is Cc1nc(OCC(F)(F)F)c(F)cc1CN. The second kappa shape index (κ2) is 4.65. The molecule has 1 aromatic rings. The maximum Gasteiger partial charge on any atom is 0.422 e. The highest BCUT2D eigenvalue weighted by atomic mass is 19.4. The molecule has 0 bridgehead atoms. The molecule has 90 valence electrons. The van der Waals surface area contributed by atoms with Crippen LogP contribution in [0.25, 0.3) is 0 Å². The molecule has 0 saturated heterocycles. The lowest BCUT2D eigenvalue weighted by Crippen LogP contribution is -2.20. The van der Waals surface area contributed by atoms with E-state index in [4.69, 9.17) is 5.73 Å². The first-order valence-electron chi connectivity index (χ1n) is 4.39. The summed E-state index contributed by atoms with van der Waals surface area (Å²) >= 11 is 0. The minimum absolute atomic E-state index is 0.0648. The summed E-state index contributed by atoms with van der Waals surface area (Å²) in [6.45, 7) is 0.00964. The van der Waals surface area contributed by atoms with Gasteiger partial charge in [-0.2, -0.15) is 13.2 Å². The number of nitrogens with two attached hydrogens (primary N) is 1. The highest BCUT2D eigenvalue weighted by Gasteiger charge is 2.29. The molecule has 0 aromatic carbocycles. The Labute approximate surface area is 89.2 Å². The fourth-order valence-corrected chi connectivity index (χ4v) is 1.05. The maximum atomic E-state index is 13.2. The molecule has 0 amide bonds. The van der Waals surface area contributed by atoms with Gasteiger partial charge in [-0.25, -0.2) is 9.37 Å².